The lowest BCUT2D eigenvalue weighted by molar-refractivity contribution is 0.303. The standard InChI is InChI=1S/C13H40O4Si6/c1-18(20(5,6)7)14-21(8,9)16-23(12,13)17-22(10,11)15-19(2,3)4/h18H,1-13H3. The molecule has 0 heterocycles. The van der Waals surface area contributed by atoms with Crippen molar-refractivity contribution in [2.45, 2.75) is 85.1 Å². The molecule has 0 spiro atoms. The van der Waals surface area contributed by atoms with Gasteiger partial charge in [-0.1, -0.05) is 26.2 Å². The van der Waals surface area contributed by atoms with Crippen LogP contribution in [0.5, 0.6) is 0 Å². The van der Waals surface area contributed by atoms with E-state index in [4.69, 9.17) is 16.5 Å². The second kappa shape index (κ2) is 7.80. The molecule has 0 aliphatic carbocycles. The predicted octanol–water partition coefficient (Wildman–Crippen LogP) is 4.76. The quantitative estimate of drug-likeness (QED) is 0.496. The predicted molar refractivity (Wildman–Crippen MR) is 116 cm³/mol. The maximum absolute atomic E-state index is 6.51. The third kappa shape index (κ3) is 11.4. The molecule has 0 aromatic heterocycles. The number of rotatable bonds is 9. The van der Waals surface area contributed by atoms with Gasteiger partial charge >= 0.3 is 25.7 Å². The van der Waals surface area contributed by atoms with Gasteiger partial charge in [-0.15, -0.1) is 0 Å². The Morgan fingerprint density at radius 1 is 0.522 bits per heavy atom. The Hall–Kier alpha value is 1.14. The highest BCUT2D eigenvalue weighted by Gasteiger charge is 2.44. The molecule has 0 radical (unpaired) electrons. The van der Waals surface area contributed by atoms with E-state index in [0.717, 1.165) is 0 Å². The van der Waals surface area contributed by atoms with Crippen LogP contribution in [0.3, 0.4) is 0 Å². The van der Waals surface area contributed by atoms with Crippen molar-refractivity contribution in [2.24, 2.45) is 0 Å². The van der Waals surface area contributed by atoms with Crippen molar-refractivity contribution in [3.63, 3.8) is 0 Å². The molecule has 0 amide bonds. The van der Waals surface area contributed by atoms with Crippen LogP contribution in [0.2, 0.25) is 85.1 Å². The van der Waals surface area contributed by atoms with Gasteiger partial charge in [0.05, 0.1) is 7.59 Å². The lowest BCUT2D eigenvalue weighted by atomic mass is 11.8. The van der Waals surface area contributed by atoms with E-state index in [0.29, 0.717) is 0 Å². The first-order valence-corrected chi connectivity index (χ1v) is 27.3. The molecule has 0 saturated heterocycles. The zero-order chi connectivity index (χ0) is 18.9. The van der Waals surface area contributed by atoms with E-state index < -0.39 is 50.1 Å². The van der Waals surface area contributed by atoms with Crippen LogP contribution in [0.4, 0.5) is 0 Å². The zero-order valence-corrected chi connectivity index (χ0v) is 23.9. The van der Waals surface area contributed by atoms with Crippen LogP contribution in [-0.2, 0) is 16.5 Å². The smallest absolute Gasteiger partial charge is 0.314 e. The zero-order valence-electron chi connectivity index (χ0n) is 17.7. The molecule has 10 heteroatoms. The lowest BCUT2D eigenvalue weighted by Gasteiger charge is -2.41. The molecule has 4 nitrogen and oxygen atoms in total. The van der Waals surface area contributed by atoms with E-state index in [1.807, 2.05) is 0 Å². The maximum atomic E-state index is 6.51. The molecular formula is C13H40O4Si6. The van der Waals surface area contributed by atoms with Gasteiger partial charge in [0.15, 0.2) is 8.32 Å². The molecule has 0 saturated carbocycles. The molecule has 0 fully saturated rings. The maximum Gasteiger partial charge on any atom is 0.314 e. The van der Waals surface area contributed by atoms with Crippen molar-refractivity contribution in [1.29, 1.82) is 0 Å². The highest BCUT2D eigenvalue weighted by atomic mass is 29.2. The number of hydrogen-bond acceptors (Lipinski definition) is 4. The van der Waals surface area contributed by atoms with Crippen molar-refractivity contribution < 1.29 is 16.5 Å². The van der Waals surface area contributed by atoms with E-state index in [1.165, 1.54) is 0 Å². The van der Waals surface area contributed by atoms with Crippen molar-refractivity contribution in [3.05, 3.63) is 0 Å². The summed E-state index contributed by atoms with van der Waals surface area (Å²) >= 11 is 0. The van der Waals surface area contributed by atoms with Crippen molar-refractivity contribution >= 4 is 50.1 Å². The van der Waals surface area contributed by atoms with E-state index in [9.17, 15) is 0 Å². The molecule has 0 N–H and O–H groups in total. The first kappa shape index (κ1) is 24.1. The fraction of sp³-hybridized carbons (Fsp3) is 1.00. The fourth-order valence-corrected chi connectivity index (χ4v) is 30.2. The summed E-state index contributed by atoms with van der Waals surface area (Å²) in [5, 5.41) is 0. The van der Waals surface area contributed by atoms with Gasteiger partial charge in [-0.2, -0.15) is 0 Å². The topological polar surface area (TPSA) is 36.9 Å². The van der Waals surface area contributed by atoms with Gasteiger partial charge in [-0.3, -0.25) is 0 Å². The lowest BCUT2D eigenvalue weighted by Crippen LogP contribution is -2.59. The molecule has 0 aliphatic rings. The van der Waals surface area contributed by atoms with Crippen LogP contribution in [0.15, 0.2) is 0 Å². The van der Waals surface area contributed by atoms with Crippen LogP contribution in [0, 0.1) is 0 Å². The molecule has 0 aromatic rings. The average molecular weight is 429 g/mol. The summed E-state index contributed by atoms with van der Waals surface area (Å²) < 4.78 is 25.8. The molecule has 0 aliphatic heterocycles. The van der Waals surface area contributed by atoms with Crippen LogP contribution < -0.4 is 0 Å². The molecule has 23 heavy (non-hydrogen) atoms. The molecule has 0 aromatic carbocycles. The Bertz CT molecular complexity index is 387. The minimum atomic E-state index is -2.27. The van der Waals surface area contributed by atoms with Gasteiger partial charge in [-0.25, -0.2) is 0 Å². The molecule has 1 atom stereocenters. The highest BCUT2D eigenvalue weighted by molar-refractivity contribution is 7.30. The third-order valence-electron chi connectivity index (χ3n) is 3.22. The summed E-state index contributed by atoms with van der Waals surface area (Å²) in [5.41, 5.74) is 0. The summed E-state index contributed by atoms with van der Waals surface area (Å²) in [7, 11) is -10.5. The fourth-order valence-electron chi connectivity index (χ4n) is 2.59. The Balaban J connectivity index is 4.90. The first-order valence-electron chi connectivity index (χ1n) is 8.53. The first-order chi connectivity index (χ1) is 9.75. The highest BCUT2D eigenvalue weighted by Crippen LogP contribution is 2.25. The molecule has 0 rings (SSSR count). The van der Waals surface area contributed by atoms with E-state index >= 15 is 0 Å². The summed E-state index contributed by atoms with van der Waals surface area (Å²) in [4.78, 5) is 0. The Morgan fingerprint density at radius 3 is 1.22 bits per heavy atom. The third-order valence-corrected chi connectivity index (χ3v) is 30.0. The molecule has 0 bridgehead atoms. The van der Waals surface area contributed by atoms with Crippen LogP contribution >= 0.6 is 0 Å². The molecule has 140 valence electrons. The molecular weight excluding hydrogens is 389 g/mol. The Labute approximate surface area is 151 Å². The van der Waals surface area contributed by atoms with Gasteiger partial charge in [-0.05, 0) is 58.9 Å². The largest absolute Gasteiger partial charge is 0.442 e. The second-order valence-corrected chi connectivity index (χ2v) is 39.4. The minimum absolute atomic E-state index is 1.16. The van der Waals surface area contributed by atoms with Gasteiger partial charge in [0.2, 0.25) is 0 Å². The minimum Gasteiger partial charge on any atom is -0.442 e. The van der Waals surface area contributed by atoms with Crippen molar-refractivity contribution in [2.75, 3.05) is 0 Å². The van der Waals surface area contributed by atoms with Crippen LogP contribution in [-0.4, -0.2) is 50.1 Å². The Morgan fingerprint density at radius 2 is 0.870 bits per heavy atom. The average Bonchev–Trinajstić information content (AvgIpc) is 2.04. The van der Waals surface area contributed by atoms with Gasteiger partial charge in [0, 0.05) is 0 Å². The summed E-state index contributed by atoms with van der Waals surface area (Å²) in [6.45, 7) is 29.0. The van der Waals surface area contributed by atoms with Gasteiger partial charge < -0.3 is 16.5 Å². The summed E-state index contributed by atoms with van der Waals surface area (Å²) in [6, 6.07) is 0. The summed E-state index contributed by atoms with van der Waals surface area (Å²) in [5.74, 6) is 0. The van der Waals surface area contributed by atoms with Gasteiger partial charge in [0.25, 0.3) is 0 Å². The van der Waals surface area contributed by atoms with E-state index in [-0.39, 0.29) is 0 Å². The number of hydrogen-bond donors (Lipinski definition) is 0. The van der Waals surface area contributed by atoms with Crippen molar-refractivity contribution in [3.8, 4) is 0 Å². The van der Waals surface area contributed by atoms with E-state index in [1.54, 1.807) is 0 Å². The van der Waals surface area contributed by atoms with Crippen LogP contribution in [0.25, 0.3) is 0 Å². The molecule has 1 unspecified atom stereocenters. The summed E-state index contributed by atoms with van der Waals surface area (Å²) in [6.07, 6.45) is 0. The second-order valence-electron chi connectivity index (χ2n) is 9.74. The monoisotopic (exact) mass is 428 g/mol. The van der Waals surface area contributed by atoms with E-state index in [2.05, 4.69) is 85.1 Å². The van der Waals surface area contributed by atoms with Crippen molar-refractivity contribution in [1.82, 2.24) is 0 Å². The normalized spacial score (nSPS) is 16.6. The van der Waals surface area contributed by atoms with Gasteiger partial charge in [0.1, 0.15) is 8.56 Å². The SMILES string of the molecule is C[SiH](O[Si](C)(C)O[Si](C)(C)O[Si](C)(C)O[Si](C)(C)C)[Si](C)(C)C. The Kier molecular flexibility index (Phi) is 8.19. The van der Waals surface area contributed by atoms with Crippen LogP contribution in [0.1, 0.15) is 0 Å².